The molecule has 0 saturated carbocycles. The Kier molecular flexibility index (Phi) is 7.85. The molecule has 7 heteroatoms. The molecule has 0 aromatic heterocycles. The van der Waals surface area contributed by atoms with Crippen LogP contribution in [-0.4, -0.2) is 25.1 Å². The largest absolute Gasteiger partial charge is 0.386 e. The molecule has 0 aliphatic carbocycles. The fraction of sp³-hybridized carbons (Fsp3) is 0.423. The highest BCUT2D eigenvalue weighted by Gasteiger charge is 2.26. The van der Waals surface area contributed by atoms with Gasteiger partial charge in [-0.25, -0.2) is 8.42 Å². The molecular weight excluding hydrogens is 436 g/mol. The molecule has 2 aromatic rings. The van der Waals surface area contributed by atoms with Crippen molar-refractivity contribution in [3.63, 3.8) is 0 Å². The number of carbonyl (C=O) groups is 1. The fourth-order valence-corrected chi connectivity index (χ4v) is 5.06. The Balaban J connectivity index is 2.47. The van der Waals surface area contributed by atoms with E-state index in [1.165, 1.54) is 32.0 Å². The normalized spacial score (nSPS) is 12.0. The van der Waals surface area contributed by atoms with Gasteiger partial charge in [0.15, 0.2) is 15.6 Å². The molecular formula is C26H30N2O4S. The molecule has 2 rings (SSSR count). The maximum atomic E-state index is 13.1. The lowest BCUT2D eigenvalue weighted by atomic mass is 9.85. The van der Waals surface area contributed by atoms with Gasteiger partial charge in [-0.3, -0.25) is 4.79 Å². The van der Waals surface area contributed by atoms with Crippen molar-refractivity contribution < 1.29 is 18.3 Å². The van der Waals surface area contributed by atoms with Crippen molar-refractivity contribution in [2.75, 3.05) is 5.75 Å². The summed E-state index contributed by atoms with van der Waals surface area (Å²) in [5.41, 5.74) is 2.03. The smallest absolute Gasteiger partial charge is 0.185 e. The number of carbonyl (C=O) groups excluding carboxylic acids is 1. The summed E-state index contributed by atoms with van der Waals surface area (Å²) in [7, 11) is -4.04. The van der Waals surface area contributed by atoms with E-state index in [0.29, 0.717) is 5.56 Å². The van der Waals surface area contributed by atoms with Gasteiger partial charge in [0.2, 0.25) is 0 Å². The van der Waals surface area contributed by atoms with Gasteiger partial charge in [-0.05, 0) is 78.3 Å². The molecule has 0 amide bonds. The van der Waals surface area contributed by atoms with Crippen LogP contribution in [0, 0.1) is 22.7 Å². The number of hydrogen-bond donors (Lipinski definition) is 1. The van der Waals surface area contributed by atoms with E-state index in [0.717, 1.165) is 16.7 Å². The summed E-state index contributed by atoms with van der Waals surface area (Å²) in [6.07, 6.45) is -0.0672. The highest BCUT2D eigenvalue weighted by Crippen LogP contribution is 2.31. The van der Waals surface area contributed by atoms with Crippen molar-refractivity contribution in [3.8, 4) is 12.1 Å². The topological polar surface area (TPSA) is 119 Å². The maximum Gasteiger partial charge on any atom is 0.185 e. The monoisotopic (exact) mass is 466 g/mol. The van der Waals surface area contributed by atoms with E-state index in [2.05, 4.69) is 6.07 Å². The fourth-order valence-electron chi connectivity index (χ4n) is 3.76. The van der Waals surface area contributed by atoms with Crippen molar-refractivity contribution in [2.24, 2.45) is 0 Å². The van der Waals surface area contributed by atoms with Crippen LogP contribution in [-0.2, 0) is 26.7 Å². The van der Waals surface area contributed by atoms with E-state index in [4.69, 9.17) is 0 Å². The number of rotatable bonds is 8. The molecule has 0 spiro atoms. The lowest BCUT2D eigenvalue weighted by Crippen LogP contribution is -2.21. The Labute approximate surface area is 196 Å². The van der Waals surface area contributed by atoms with Crippen molar-refractivity contribution >= 4 is 15.6 Å². The first-order valence-electron chi connectivity index (χ1n) is 10.8. The average molecular weight is 467 g/mol. The van der Waals surface area contributed by atoms with Gasteiger partial charge >= 0.3 is 0 Å². The minimum atomic E-state index is -4.04. The van der Waals surface area contributed by atoms with Crippen LogP contribution in [0.2, 0.25) is 0 Å². The van der Waals surface area contributed by atoms with Gasteiger partial charge in [0.05, 0.1) is 33.8 Å². The number of nitriles is 2. The van der Waals surface area contributed by atoms with Gasteiger partial charge in [-0.1, -0.05) is 27.7 Å². The molecule has 0 aliphatic rings. The summed E-state index contributed by atoms with van der Waals surface area (Å²) in [4.78, 5) is 12.8. The summed E-state index contributed by atoms with van der Waals surface area (Å²) in [5, 5.41) is 29.0. The molecule has 0 radical (unpaired) electrons. The number of hydrogen-bond acceptors (Lipinski definition) is 6. The maximum absolute atomic E-state index is 13.1. The molecule has 0 heterocycles. The summed E-state index contributed by atoms with van der Waals surface area (Å²) in [6.45, 7) is 10.9. The van der Waals surface area contributed by atoms with Gasteiger partial charge in [-0.2, -0.15) is 10.5 Å². The van der Waals surface area contributed by atoms with Crippen molar-refractivity contribution in [1.29, 1.82) is 10.5 Å². The van der Waals surface area contributed by atoms with E-state index in [1.807, 2.05) is 33.8 Å². The third-order valence-electron chi connectivity index (χ3n) is 5.52. The van der Waals surface area contributed by atoms with Gasteiger partial charge in [0, 0.05) is 6.42 Å². The van der Waals surface area contributed by atoms with E-state index >= 15 is 0 Å². The Bertz CT molecular complexity index is 1230. The second kappa shape index (κ2) is 9.87. The molecule has 0 atom stereocenters. The second-order valence-corrected chi connectivity index (χ2v) is 11.4. The predicted octanol–water partition coefficient (Wildman–Crippen LogP) is 4.49. The minimum absolute atomic E-state index is 0.0526. The van der Waals surface area contributed by atoms with Crippen molar-refractivity contribution in [1.82, 2.24) is 0 Å². The zero-order valence-electron chi connectivity index (χ0n) is 19.9. The molecule has 0 saturated heterocycles. The first-order chi connectivity index (χ1) is 15.2. The third kappa shape index (κ3) is 6.28. The van der Waals surface area contributed by atoms with Crippen LogP contribution in [0.15, 0.2) is 35.2 Å². The molecule has 0 aliphatic heterocycles. The van der Waals surface area contributed by atoms with Crippen LogP contribution in [0.25, 0.3) is 0 Å². The number of Topliss-reactive ketones (excluding diaryl/α,β-unsaturated/α-hetero) is 1. The SMILES string of the molecule is CC(C)c1cc(C#N)cc(C(C)C)c1CC(=O)CS(=O)(=O)c1cc(C#N)cc(C(C)(C)O)c1. The van der Waals surface area contributed by atoms with Crippen LogP contribution in [0.4, 0.5) is 0 Å². The van der Waals surface area contributed by atoms with Crippen LogP contribution >= 0.6 is 0 Å². The summed E-state index contributed by atoms with van der Waals surface area (Å²) < 4.78 is 26.1. The third-order valence-corrected chi connectivity index (χ3v) is 7.17. The molecule has 174 valence electrons. The Morgan fingerprint density at radius 2 is 1.42 bits per heavy atom. The van der Waals surface area contributed by atoms with Gasteiger partial charge in [-0.15, -0.1) is 0 Å². The number of ketones is 1. The standard InChI is InChI=1S/C26H30N2O4S/c1-16(2)23-9-19(14-28)10-24(17(3)4)25(23)12-21(29)15-33(31,32)22-8-18(13-27)7-20(11-22)26(5,6)30/h7-11,16-17,30H,12,15H2,1-6H3. The van der Waals surface area contributed by atoms with Crippen LogP contribution < -0.4 is 0 Å². The zero-order chi connectivity index (χ0) is 25.1. The number of benzene rings is 2. The predicted molar refractivity (Wildman–Crippen MR) is 127 cm³/mol. The first-order valence-corrected chi connectivity index (χ1v) is 12.4. The van der Waals surface area contributed by atoms with E-state index in [-0.39, 0.29) is 34.3 Å². The highest BCUT2D eigenvalue weighted by atomic mass is 32.2. The lowest BCUT2D eigenvalue weighted by Gasteiger charge is -2.20. The second-order valence-electron chi connectivity index (χ2n) is 9.45. The average Bonchev–Trinajstić information content (AvgIpc) is 2.71. The molecule has 0 unspecified atom stereocenters. The highest BCUT2D eigenvalue weighted by molar-refractivity contribution is 7.92. The van der Waals surface area contributed by atoms with Crippen molar-refractivity contribution in [2.45, 2.75) is 70.3 Å². The summed E-state index contributed by atoms with van der Waals surface area (Å²) in [6, 6.07) is 11.6. The van der Waals surface area contributed by atoms with E-state index in [1.54, 1.807) is 12.1 Å². The quantitative estimate of drug-likeness (QED) is 0.612. The van der Waals surface area contributed by atoms with Crippen LogP contribution in [0.5, 0.6) is 0 Å². The Morgan fingerprint density at radius 1 is 0.939 bits per heavy atom. The molecule has 0 bridgehead atoms. The van der Waals surface area contributed by atoms with Gasteiger partial charge in [0.25, 0.3) is 0 Å². The van der Waals surface area contributed by atoms with Gasteiger partial charge in [0.1, 0.15) is 5.75 Å². The van der Waals surface area contributed by atoms with Crippen LogP contribution in [0.3, 0.4) is 0 Å². The minimum Gasteiger partial charge on any atom is -0.386 e. The summed E-state index contributed by atoms with van der Waals surface area (Å²) in [5.74, 6) is -1.09. The molecule has 6 nitrogen and oxygen atoms in total. The number of sulfone groups is 1. The molecule has 2 aromatic carbocycles. The Hall–Kier alpha value is -3.00. The van der Waals surface area contributed by atoms with Crippen LogP contribution in [0.1, 0.15) is 86.8 Å². The molecule has 0 fully saturated rings. The molecule has 33 heavy (non-hydrogen) atoms. The van der Waals surface area contributed by atoms with E-state index in [9.17, 15) is 28.8 Å². The molecule has 1 N–H and O–H groups in total. The van der Waals surface area contributed by atoms with Crippen molar-refractivity contribution in [3.05, 3.63) is 63.7 Å². The number of nitrogens with zero attached hydrogens (tertiary/aromatic N) is 2. The van der Waals surface area contributed by atoms with Gasteiger partial charge < -0.3 is 5.11 Å². The van der Waals surface area contributed by atoms with E-state index < -0.39 is 27.0 Å². The lowest BCUT2D eigenvalue weighted by molar-refractivity contribution is -0.116. The first kappa shape index (κ1) is 26.3. The number of aliphatic hydroxyl groups is 1. The zero-order valence-corrected chi connectivity index (χ0v) is 20.7. The summed E-state index contributed by atoms with van der Waals surface area (Å²) >= 11 is 0. The Morgan fingerprint density at radius 3 is 1.85 bits per heavy atom.